The lowest BCUT2D eigenvalue weighted by molar-refractivity contribution is -0.0989. The van der Waals surface area contributed by atoms with E-state index in [4.69, 9.17) is 4.74 Å². The van der Waals surface area contributed by atoms with Crippen molar-refractivity contribution in [2.45, 2.75) is 78.7 Å². The molecule has 0 aromatic heterocycles. The molecule has 1 nitrogen and oxygen atoms in total. The Kier molecular flexibility index (Phi) is 4.23. The Hall–Kier alpha value is -0.560. The molecule has 24 heavy (non-hydrogen) atoms. The molecule has 7 atom stereocenters. The summed E-state index contributed by atoms with van der Waals surface area (Å²) < 4.78 is 6.29. The lowest BCUT2D eigenvalue weighted by Crippen LogP contribution is -2.53. The first-order chi connectivity index (χ1) is 11.6. The van der Waals surface area contributed by atoms with Crippen LogP contribution in [0.5, 0.6) is 0 Å². The Balaban J connectivity index is 1.69. The largest absolute Gasteiger partial charge is 0.377 e. The van der Waals surface area contributed by atoms with E-state index in [1.54, 1.807) is 5.57 Å². The van der Waals surface area contributed by atoms with Crippen LogP contribution in [0, 0.1) is 34.5 Å². The van der Waals surface area contributed by atoms with Crippen LogP contribution in [0.3, 0.4) is 0 Å². The summed E-state index contributed by atoms with van der Waals surface area (Å²) in [4.78, 5) is 0. The minimum Gasteiger partial charge on any atom is -0.377 e. The van der Waals surface area contributed by atoms with Gasteiger partial charge in [-0.1, -0.05) is 45.4 Å². The summed E-state index contributed by atoms with van der Waals surface area (Å²) in [6, 6.07) is 0. The molecular weight excluding hydrogens is 292 g/mol. The normalized spacial score (nSPS) is 50.0. The van der Waals surface area contributed by atoms with E-state index in [1.165, 1.54) is 38.5 Å². The van der Waals surface area contributed by atoms with Crippen LogP contribution in [-0.2, 0) is 4.74 Å². The number of rotatable bonds is 3. The van der Waals surface area contributed by atoms with Crippen LogP contribution in [0.4, 0.5) is 0 Å². The van der Waals surface area contributed by atoms with E-state index in [1.807, 2.05) is 0 Å². The van der Waals surface area contributed by atoms with Gasteiger partial charge in [0.15, 0.2) is 0 Å². The average Bonchev–Trinajstić information content (AvgIpc) is 2.92. The van der Waals surface area contributed by atoms with Crippen molar-refractivity contribution < 1.29 is 4.74 Å². The Morgan fingerprint density at radius 1 is 1.08 bits per heavy atom. The van der Waals surface area contributed by atoms with Crippen molar-refractivity contribution in [2.24, 2.45) is 34.5 Å². The lowest BCUT2D eigenvalue weighted by atomic mass is 9.47. The highest BCUT2D eigenvalue weighted by Crippen LogP contribution is 2.66. The molecule has 0 aromatic carbocycles. The fourth-order valence-electron chi connectivity index (χ4n) is 7.52. The average molecular weight is 329 g/mol. The van der Waals surface area contributed by atoms with Crippen LogP contribution in [0.1, 0.15) is 72.6 Å². The highest BCUT2D eigenvalue weighted by atomic mass is 16.5. The molecule has 1 unspecified atom stereocenters. The molecule has 0 heterocycles. The number of allylic oxidation sites excluding steroid dienone is 2. The second-order valence-electron chi connectivity index (χ2n) is 9.36. The van der Waals surface area contributed by atoms with Gasteiger partial charge >= 0.3 is 0 Å². The van der Waals surface area contributed by atoms with Crippen LogP contribution < -0.4 is 0 Å². The zero-order valence-corrected chi connectivity index (χ0v) is 16.2. The van der Waals surface area contributed by atoms with Gasteiger partial charge in [0.2, 0.25) is 0 Å². The summed E-state index contributed by atoms with van der Waals surface area (Å²) in [5.74, 6) is 3.63. The fourth-order valence-corrected chi connectivity index (χ4v) is 7.52. The van der Waals surface area contributed by atoms with E-state index in [9.17, 15) is 0 Å². The summed E-state index contributed by atoms with van der Waals surface area (Å²) in [5.41, 5.74) is 2.45. The van der Waals surface area contributed by atoms with Gasteiger partial charge in [-0.2, -0.15) is 0 Å². The molecule has 4 aliphatic carbocycles. The molecule has 4 rings (SSSR count). The third kappa shape index (κ3) is 2.16. The topological polar surface area (TPSA) is 9.23 Å². The molecular formula is C23H36O. The molecule has 0 amide bonds. The Labute approximate surface area is 148 Å². The van der Waals surface area contributed by atoms with Crippen molar-refractivity contribution >= 4 is 0 Å². The first-order valence-electron chi connectivity index (χ1n) is 10.5. The van der Waals surface area contributed by atoms with E-state index in [2.05, 4.69) is 45.9 Å². The molecule has 134 valence electrons. The minimum absolute atomic E-state index is 0.249. The minimum atomic E-state index is 0.249. The summed E-state index contributed by atoms with van der Waals surface area (Å²) in [7, 11) is 0. The third-order valence-corrected chi connectivity index (χ3v) is 8.81. The zero-order valence-electron chi connectivity index (χ0n) is 16.2. The van der Waals surface area contributed by atoms with Gasteiger partial charge in [-0.25, -0.2) is 0 Å². The van der Waals surface area contributed by atoms with E-state index in [0.717, 1.165) is 36.7 Å². The van der Waals surface area contributed by atoms with Gasteiger partial charge in [-0.3, -0.25) is 0 Å². The fraction of sp³-hybridized carbons (Fsp3) is 0.826. The van der Waals surface area contributed by atoms with Gasteiger partial charge in [0.1, 0.15) is 0 Å². The third-order valence-electron chi connectivity index (χ3n) is 8.81. The van der Waals surface area contributed by atoms with Crippen molar-refractivity contribution in [1.29, 1.82) is 0 Å². The first kappa shape index (κ1) is 16.9. The lowest BCUT2D eigenvalue weighted by Gasteiger charge is -2.58. The van der Waals surface area contributed by atoms with Crippen molar-refractivity contribution in [2.75, 3.05) is 6.61 Å². The molecule has 0 aliphatic heterocycles. The summed E-state index contributed by atoms with van der Waals surface area (Å²) >= 11 is 0. The van der Waals surface area contributed by atoms with Gasteiger partial charge in [-0.15, -0.1) is 0 Å². The number of hydrogen-bond acceptors (Lipinski definition) is 1. The van der Waals surface area contributed by atoms with Gasteiger partial charge in [-0.05, 0) is 80.1 Å². The summed E-state index contributed by atoms with van der Waals surface area (Å²) in [6.45, 7) is 10.6. The SMILES string of the molecule is CCOC1CC=CC2=CC[C@H]3[C@@H]4CC[C@H](CC)[C@@]4(C)CC[C@@H]3[C@]21C. The predicted molar refractivity (Wildman–Crippen MR) is 101 cm³/mol. The van der Waals surface area contributed by atoms with E-state index in [0.29, 0.717) is 11.5 Å². The van der Waals surface area contributed by atoms with Crippen LogP contribution >= 0.6 is 0 Å². The number of ether oxygens (including phenoxy) is 1. The Bertz CT molecular complexity index is 546. The number of fused-ring (bicyclic) bond motifs is 5. The maximum absolute atomic E-state index is 6.29. The molecule has 0 aromatic rings. The molecule has 0 spiro atoms. The molecule has 2 saturated carbocycles. The maximum atomic E-state index is 6.29. The molecule has 0 radical (unpaired) electrons. The van der Waals surface area contributed by atoms with Crippen LogP contribution in [0.15, 0.2) is 23.8 Å². The van der Waals surface area contributed by atoms with Gasteiger partial charge in [0.25, 0.3) is 0 Å². The highest BCUT2D eigenvalue weighted by molar-refractivity contribution is 5.36. The maximum Gasteiger partial charge on any atom is 0.0705 e. The standard InChI is InChI=1S/C23H36O/c1-5-16-11-13-19-18-12-10-17-8-7-9-21(24-6-2)23(17,4)20(18)14-15-22(16,19)3/h7-8,10,16,18-21H,5-6,9,11-15H2,1-4H3/t16-,18-,19-,20-,21?,22+,23-/m0/s1. The molecule has 2 fully saturated rings. The zero-order chi connectivity index (χ0) is 16.9. The van der Waals surface area contributed by atoms with Crippen molar-refractivity contribution in [1.82, 2.24) is 0 Å². The second kappa shape index (κ2) is 6.01. The van der Waals surface area contributed by atoms with Crippen molar-refractivity contribution in [3.8, 4) is 0 Å². The van der Waals surface area contributed by atoms with Gasteiger partial charge < -0.3 is 4.74 Å². The van der Waals surface area contributed by atoms with Crippen molar-refractivity contribution in [3.63, 3.8) is 0 Å². The first-order valence-corrected chi connectivity index (χ1v) is 10.5. The molecule has 1 heteroatoms. The van der Waals surface area contributed by atoms with Crippen molar-refractivity contribution in [3.05, 3.63) is 23.8 Å². The van der Waals surface area contributed by atoms with Gasteiger partial charge in [0, 0.05) is 12.0 Å². The van der Waals surface area contributed by atoms with Crippen LogP contribution in [0.2, 0.25) is 0 Å². The molecule has 0 saturated heterocycles. The second-order valence-corrected chi connectivity index (χ2v) is 9.36. The number of hydrogen-bond donors (Lipinski definition) is 0. The Morgan fingerprint density at radius 2 is 1.92 bits per heavy atom. The highest BCUT2D eigenvalue weighted by Gasteiger charge is 2.59. The van der Waals surface area contributed by atoms with E-state index >= 15 is 0 Å². The van der Waals surface area contributed by atoms with Crippen LogP contribution in [0.25, 0.3) is 0 Å². The smallest absolute Gasteiger partial charge is 0.0705 e. The predicted octanol–water partition coefficient (Wildman–Crippen LogP) is 6.16. The monoisotopic (exact) mass is 328 g/mol. The van der Waals surface area contributed by atoms with Gasteiger partial charge in [0.05, 0.1) is 6.10 Å². The quantitative estimate of drug-likeness (QED) is 0.603. The van der Waals surface area contributed by atoms with E-state index < -0.39 is 0 Å². The van der Waals surface area contributed by atoms with Crippen LogP contribution in [-0.4, -0.2) is 12.7 Å². The molecule has 4 aliphatic rings. The summed E-state index contributed by atoms with van der Waals surface area (Å²) in [6.07, 6.45) is 17.4. The summed E-state index contributed by atoms with van der Waals surface area (Å²) in [5, 5.41) is 0. The molecule has 0 N–H and O–H groups in total. The van der Waals surface area contributed by atoms with E-state index in [-0.39, 0.29) is 5.41 Å². The molecule has 0 bridgehead atoms. The Morgan fingerprint density at radius 3 is 2.67 bits per heavy atom.